The second-order valence-corrected chi connectivity index (χ2v) is 5.72. The molecule has 0 saturated carbocycles. The van der Waals surface area contributed by atoms with Crippen LogP contribution in [0, 0.1) is 5.41 Å². The Hall–Kier alpha value is -0.340. The Kier molecular flexibility index (Phi) is 4.81. The highest BCUT2D eigenvalue weighted by molar-refractivity contribution is 9.10. The number of benzene rings is 1. The predicted octanol–water partition coefficient (Wildman–Crippen LogP) is 3.79. The fourth-order valence-corrected chi connectivity index (χ4v) is 1.99. The summed E-state index contributed by atoms with van der Waals surface area (Å²) in [6, 6.07) is 8.42. The minimum absolute atomic E-state index is 0.0615. The molecule has 0 heterocycles. The maximum Gasteiger partial charge on any atom is 0.0482 e. The fourth-order valence-electron chi connectivity index (χ4n) is 1.54. The molecule has 0 saturated heterocycles. The van der Waals surface area contributed by atoms with E-state index in [1.807, 2.05) is 6.07 Å². The van der Waals surface area contributed by atoms with E-state index in [0.29, 0.717) is 0 Å². The molecule has 0 amide bonds. The first-order valence-electron chi connectivity index (χ1n) is 5.39. The molecule has 0 spiro atoms. The highest BCUT2D eigenvalue weighted by Crippen LogP contribution is 2.23. The lowest BCUT2D eigenvalue weighted by molar-refractivity contribution is 0.148. The van der Waals surface area contributed by atoms with E-state index in [1.165, 1.54) is 5.56 Å². The van der Waals surface area contributed by atoms with Gasteiger partial charge >= 0.3 is 0 Å². The van der Waals surface area contributed by atoms with E-state index in [4.69, 9.17) is 5.11 Å². The number of halogens is 1. The summed E-state index contributed by atoms with van der Waals surface area (Å²) in [6.07, 6.45) is 3.28. The number of aliphatic hydroxyl groups excluding tert-OH is 1. The van der Waals surface area contributed by atoms with Crippen LogP contribution in [0.3, 0.4) is 0 Å². The smallest absolute Gasteiger partial charge is 0.0482 e. The van der Waals surface area contributed by atoms with E-state index in [-0.39, 0.29) is 12.0 Å². The minimum atomic E-state index is 0.0615. The molecule has 0 unspecified atom stereocenters. The molecule has 0 aliphatic heterocycles. The molecule has 0 atom stereocenters. The molecule has 0 bridgehead atoms. The lowest BCUT2D eigenvalue weighted by atomic mass is 9.87. The van der Waals surface area contributed by atoms with Crippen molar-refractivity contribution in [2.45, 2.75) is 33.1 Å². The zero-order valence-corrected chi connectivity index (χ0v) is 11.0. The molecule has 1 rings (SSSR count). The van der Waals surface area contributed by atoms with Crippen molar-refractivity contribution in [1.82, 2.24) is 0 Å². The summed E-state index contributed by atoms with van der Waals surface area (Å²) in [7, 11) is 0. The summed E-state index contributed by atoms with van der Waals surface area (Å²) < 4.78 is 1.14. The van der Waals surface area contributed by atoms with Crippen LogP contribution in [0.5, 0.6) is 0 Å². The van der Waals surface area contributed by atoms with E-state index >= 15 is 0 Å². The first-order chi connectivity index (χ1) is 7.03. The summed E-state index contributed by atoms with van der Waals surface area (Å²) in [5, 5.41) is 9.13. The molecule has 84 valence electrons. The molecule has 1 aromatic carbocycles. The van der Waals surface area contributed by atoms with Crippen LogP contribution in [0.4, 0.5) is 0 Å². The Morgan fingerprint density at radius 1 is 1.33 bits per heavy atom. The normalized spacial score (nSPS) is 11.7. The van der Waals surface area contributed by atoms with Gasteiger partial charge in [-0.25, -0.2) is 0 Å². The van der Waals surface area contributed by atoms with Crippen molar-refractivity contribution in [3.63, 3.8) is 0 Å². The summed E-state index contributed by atoms with van der Waals surface area (Å²) in [6.45, 7) is 4.48. The van der Waals surface area contributed by atoms with Crippen LogP contribution < -0.4 is 0 Å². The number of aliphatic hydroxyl groups is 1. The third kappa shape index (κ3) is 4.80. The van der Waals surface area contributed by atoms with Gasteiger partial charge in [-0.15, -0.1) is 0 Å². The van der Waals surface area contributed by atoms with Gasteiger partial charge in [0.25, 0.3) is 0 Å². The summed E-state index contributed by atoms with van der Waals surface area (Å²) in [4.78, 5) is 0. The monoisotopic (exact) mass is 270 g/mol. The van der Waals surface area contributed by atoms with Crippen LogP contribution in [-0.2, 0) is 6.42 Å². The lowest BCUT2D eigenvalue weighted by Crippen LogP contribution is -2.16. The molecule has 1 aromatic rings. The fraction of sp³-hybridized carbons (Fsp3) is 0.538. The molecule has 15 heavy (non-hydrogen) atoms. The number of hydrogen-bond donors (Lipinski definition) is 1. The molecule has 1 nitrogen and oxygen atoms in total. The Bertz CT molecular complexity index is 307. The van der Waals surface area contributed by atoms with E-state index in [1.54, 1.807) is 0 Å². The molecule has 2 heteroatoms. The molecule has 0 aliphatic carbocycles. The average molecular weight is 271 g/mol. The standard InChI is InChI=1S/C13H19BrO/c1-13(2,10-15)8-4-6-11-5-3-7-12(14)9-11/h3,5,7,9,15H,4,6,8,10H2,1-2H3. The molecule has 0 fully saturated rings. The topological polar surface area (TPSA) is 20.2 Å². The molecule has 0 aliphatic rings. The summed E-state index contributed by atoms with van der Waals surface area (Å²) in [5.41, 5.74) is 1.42. The number of hydrogen-bond acceptors (Lipinski definition) is 1. The first kappa shape index (κ1) is 12.7. The number of aryl methyl sites for hydroxylation is 1. The van der Waals surface area contributed by atoms with Gasteiger partial charge in [0, 0.05) is 11.1 Å². The van der Waals surface area contributed by atoms with E-state index in [0.717, 1.165) is 23.7 Å². The van der Waals surface area contributed by atoms with Gasteiger partial charge in [-0.2, -0.15) is 0 Å². The van der Waals surface area contributed by atoms with Crippen LogP contribution in [0.25, 0.3) is 0 Å². The van der Waals surface area contributed by atoms with Gasteiger partial charge in [0.2, 0.25) is 0 Å². The van der Waals surface area contributed by atoms with E-state index in [2.05, 4.69) is 48.0 Å². The maximum atomic E-state index is 9.13. The zero-order valence-electron chi connectivity index (χ0n) is 9.46. The van der Waals surface area contributed by atoms with Gasteiger partial charge in [-0.1, -0.05) is 41.9 Å². The van der Waals surface area contributed by atoms with Gasteiger partial charge in [0.1, 0.15) is 0 Å². The molecular formula is C13H19BrO. The highest BCUT2D eigenvalue weighted by Gasteiger charge is 2.15. The van der Waals surface area contributed by atoms with Crippen molar-refractivity contribution >= 4 is 15.9 Å². The first-order valence-corrected chi connectivity index (χ1v) is 6.18. The quantitative estimate of drug-likeness (QED) is 0.863. The Balaban J connectivity index is 2.38. The third-order valence-electron chi connectivity index (χ3n) is 2.64. The Labute approximate surface area is 101 Å². The van der Waals surface area contributed by atoms with Gasteiger partial charge in [-0.05, 0) is 42.4 Å². The molecular weight excluding hydrogens is 252 g/mol. The van der Waals surface area contributed by atoms with Gasteiger partial charge < -0.3 is 5.11 Å². The van der Waals surface area contributed by atoms with E-state index in [9.17, 15) is 0 Å². The highest BCUT2D eigenvalue weighted by atomic mass is 79.9. The number of rotatable bonds is 5. The molecule has 0 aromatic heterocycles. The average Bonchev–Trinajstić information content (AvgIpc) is 2.18. The van der Waals surface area contributed by atoms with Gasteiger partial charge in [0.15, 0.2) is 0 Å². The van der Waals surface area contributed by atoms with Crippen LogP contribution in [-0.4, -0.2) is 11.7 Å². The van der Waals surface area contributed by atoms with Crippen molar-refractivity contribution in [2.24, 2.45) is 5.41 Å². The van der Waals surface area contributed by atoms with Crippen molar-refractivity contribution < 1.29 is 5.11 Å². The van der Waals surface area contributed by atoms with Crippen LogP contribution in [0.2, 0.25) is 0 Å². The predicted molar refractivity (Wildman–Crippen MR) is 67.9 cm³/mol. The summed E-state index contributed by atoms with van der Waals surface area (Å²) >= 11 is 3.47. The largest absolute Gasteiger partial charge is 0.396 e. The van der Waals surface area contributed by atoms with Crippen molar-refractivity contribution in [3.8, 4) is 0 Å². The lowest BCUT2D eigenvalue weighted by Gasteiger charge is -2.21. The Morgan fingerprint density at radius 2 is 2.07 bits per heavy atom. The van der Waals surface area contributed by atoms with Crippen molar-refractivity contribution in [1.29, 1.82) is 0 Å². The SMILES string of the molecule is CC(C)(CO)CCCc1cccc(Br)c1. The van der Waals surface area contributed by atoms with Crippen LogP contribution >= 0.6 is 15.9 Å². The van der Waals surface area contributed by atoms with E-state index < -0.39 is 0 Å². The Morgan fingerprint density at radius 3 is 2.67 bits per heavy atom. The summed E-state index contributed by atoms with van der Waals surface area (Å²) in [5.74, 6) is 0. The van der Waals surface area contributed by atoms with Crippen molar-refractivity contribution in [3.05, 3.63) is 34.3 Å². The van der Waals surface area contributed by atoms with Crippen molar-refractivity contribution in [2.75, 3.05) is 6.61 Å². The van der Waals surface area contributed by atoms with Crippen LogP contribution in [0.15, 0.2) is 28.7 Å². The van der Waals surface area contributed by atoms with Crippen LogP contribution in [0.1, 0.15) is 32.3 Å². The molecule has 0 radical (unpaired) electrons. The maximum absolute atomic E-state index is 9.13. The van der Waals surface area contributed by atoms with Gasteiger partial charge in [-0.3, -0.25) is 0 Å². The second kappa shape index (κ2) is 5.66. The zero-order chi connectivity index (χ0) is 11.3. The minimum Gasteiger partial charge on any atom is -0.396 e. The third-order valence-corrected chi connectivity index (χ3v) is 3.13. The molecule has 1 N–H and O–H groups in total. The second-order valence-electron chi connectivity index (χ2n) is 4.81. The van der Waals surface area contributed by atoms with Gasteiger partial charge in [0.05, 0.1) is 0 Å².